The van der Waals surface area contributed by atoms with Gasteiger partial charge >= 0.3 is 0 Å². The van der Waals surface area contributed by atoms with Crippen molar-refractivity contribution in [1.29, 1.82) is 0 Å². The Morgan fingerprint density at radius 1 is 1.44 bits per heavy atom. The monoisotopic (exact) mass is 131 g/mol. The third kappa shape index (κ3) is 4.43. The van der Waals surface area contributed by atoms with Crippen LogP contribution in [-0.4, -0.2) is 45.4 Å². The predicted octanol–water partition coefficient (Wildman–Crippen LogP) is 0.543. The molecule has 0 aromatic heterocycles. The van der Waals surface area contributed by atoms with Gasteiger partial charge in [0.15, 0.2) is 0 Å². The normalized spacial score (nSPS) is 12.0. The van der Waals surface area contributed by atoms with Crippen LogP contribution in [0.25, 0.3) is 0 Å². The largest absolute Gasteiger partial charge is 0.379 e. The molecule has 0 fully saturated rings. The lowest BCUT2D eigenvalue weighted by molar-refractivity contribution is -0.885. The number of ether oxygens (including phenoxy) is 1. The third-order valence-electron chi connectivity index (χ3n) is 1.51. The molecule has 0 aliphatic carbocycles. The molecule has 0 saturated carbocycles. The van der Waals surface area contributed by atoms with Gasteiger partial charge in [0, 0.05) is 14.0 Å². The van der Waals surface area contributed by atoms with Crippen molar-refractivity contribution in [2.24, 2.45) is 0 Å². The lowest BCUT2D eigenvalue weighted by Gasteiger charge is -2.27. The SMILES string of the molecule is [CH2]C[N+](C)(C)CCOC. The van der Waals surface area contributed by atoms with Crippen LogP contribution in [-0.2, 0) is 4.74 Å². The van der Waals surface area contributed by atoms with Crippen molar-refractivity contribution >= 4 is 0 Å². The summed E-state index contributed by atoms with van der Waals surface area (Å²) in [6, 6.07) is 0. The highest BCUT2D eigenvalue weighted by molar-refractivity contribution is 4.34. The molecule has 0 aliphatic rings. The molecule has 0 amide bonds. The van der Waals surface area contributed by atoms with E-state index in [1.165, 1.54) is 0 Å². The molecule has 0 saturated heterocycles. The van der Waals surface area contributed by atoms with E-state index in [4.69, 9.17) is 4.74 Å². The first kappa shape index (κ1) is 8.92. The standard InChI is InChI=1S/C7H17NO/c1-5-8(2,3)6-7-9-4/h1,5-7H2,2-4H3/q+1. The Kier molecular flexibility index (Phi) is 3.82. The first-order chi connectivity index (χ1) is 4.12. The fourth-order valence-electron chi connectivity index (χ4n) is 0.450. The summed E-state index contributed by atoms with van der Waals surface area (Å²) in [7, 11) is 6.02. The van der Waals surface area contributed by atoms with Crippen LogP contribution < -0.4 is 0 Å². The van der Waals surface area contributed by atoms with E-state index < -0.39 is 0 Å². The van der Waals surface area contributed by atoms with Crippen LogP contribution in [0.4, 0.5) is 0 Å². The van der Waals surface area contributed by atoms with Crippen molar-refractivity contribution in [2.45, 2.75) is 0 Å². The van der Waals surface area contributed by atoms with E-state index in [1.54, 1.807) is 7.11 Å². The second-order valence-electron chi connectivity index (χ2n) is 2.88. The zero-order valence-electron chi connectivity index (χ0n) is 6.68. The molecular formula is C7H17NO+. The van der Waals surface area contributed by atoms with Gasteiger partial charge in [-0.25, -0.2) is 0 Å². The summed E-state index contributed by atoms with van der Waals surface area (Å²) in [5, 5.41) is 0. The summed E-state index contributed by atoms with van der Waals surface area (Å²) in [6.07, 6.45) is 0. The maximum Gasteiger partial charge on any atom is 0.102 e. The molecule has 0 aromatic carbocycles. The van der Waals surface area contributed by atoms with Gasteiger partial charge in [0.1, 0.15) is 6.54 Å². The van der Waals surface area contributed by atoms with Crippen molar-refractivity contribution in [3.63, 3.8) is 0 Å². The second kappa shape index (κ2) is 3.85. The predicted molar refractivity (Wildman–Crippen MR) is 39.1 cm³/mol. The zero-order valence-corrected chi connectivity index (χ0v) is 6.68. The van der Waals surface area contributed by atoms with E-state index in [2.05, 4.69) is 21.0 Å². The third-order valence-corrected chi connectivity index (χ3v) is 1.51. The minimum absolute atomic E-state index is 0.822. The fraction of sp³-hybridized carbons (Fsp3) is 0.857. The van der Waals surface area contributed by atoms with E-state index in [0.717, 1.165) is 24.2 Å². The quantitative estimate of drug-likeness (QED) is 0.506. The fourth-order valence-corrected chi connectivity index (χ4v) is 0.450. The molecule has 1 radical (unpaired) electrons. The summed E-state index contributed by atoms with van der Waals surface area (Å²) in [4.78, 5) is 0. The highest BCUT2D eigenvalue weighted by Crippen LogP contribution is 1.93. The molecule has 0 N–H and O–H groups in total. The van der Waals surface area contributed by atoms with Gasteiger partial charge in [-0.1, -0.05) is 0 Å². The molecule has 0 aliphatic heterocycles. The molecule has 0 heterocycles. The number of methoxy groups -OCH3 is 1. The van der Waals surface area contributed by atoms with Crippen molar-refractivity contribution in [3.8, 4) is 0 Å². The molecule has 9 heavy (non-hydrogen) atoms. The average Bonchev–Trinajstić information content (AvgIpc) is 1.84. The van der Waals surface area contributed by atoms with Crippen molar-refractivity contribution in [2.75, 3.05) is 40.9 Å². The van der Waals surface area contributed by atoms with Crippen molar-refractivity contribution in [1.82, 2.24) is 0 Å². The van der Waals surface area contributed by atoms with Crippen molar-refractivity contribution in [3.05, 3.63) is 6.92 Å². The van der Waals surface area contributed by atoms with Gasteiger partial charge in [-0.05, 0) is 0 Å². The average molecular weight is 131 g/mol. The summed E-state index contributed by atoms with van der Waals surface area (Å²) in [5.41, 5.74) is 0. The smallest absolute Gasteiger partial charge is 0.102 e. The lowest BCUT2D eigenvalue weighted by atomic mass is 10.4. The van der Waals surface area contributed by atoms with E-state index in [9.17, 15) is 0 Å². The Morgan fingerprint density at radius 3 is 2.33 bits per heavy atom. The van der Waals surface area contributed by atoms with Gasteiger partial charge in [-0.3, -0.25) is 0 Å². The summed E-state index contributed by atoms with van der Waals surface area (Å²) >= 11 is 0. The van der Waals surface area contributed by atoms with Crippen LogP contribution in [0.1, 0.15) is 0 Å². The second-order valence-corrected chi connectivity index (χ2v) is 2.88. The van der Waals surface area contributed by atoms with E-state index in [1.807, 2.05) is 0 Å². The molecule has 0 atom stereocenters. The maximum atomic E-state index is 4.94. The summed E-state index contributed by atoms with van der Waals surface area (Å²) in [5.74, 6) is 0. The van der Waals surface area contributed by atoms with Crippen LogP contribution >= 0.6 is 0 Å². The molecule has 0 bridgehead atoms. The number of nitrogens with zero attached hydrogens (tertiary/aromatic N) is 1. The van der Waals surface area contributed by atoms with Crippen LogP contribution in [0.5, 0.6) is 0 Å². The minimum Gasteiger partial charge on any atom is -0.379 e. The zero-order chi connectivity index (χ0) is 7.33. The van der Waals surface area contributed by atoms with Gasteiger partial charge in [-0.2, -0.15) is 0 Å². The van der Waals surface area contributed by atoms with Crippen LogP contribution in [0.2, 0.25) is 0 Å². The number of rotatable bonds is 4. The van der Waals surface area contributed by atoms with Gasteiger partial charge in [-0.15, -0.1) is 0 Å². The Hall–Kier alpha value is -0.0800. The van der Waals surface area contributed by atoms with E-state index >= 15 is 0 Å². The maximum absolute atomic E-state index is 4.94. The van der Waals surface area contributed by atoms with Gasteiger partial charge in [0.05, 0.1) is 27.2 Å². The van der Waals surface area contributed by atoms with Crippen LogP contribution in [0.3, 0.4) is 0 Å². The van der Waals surface area contributed by atoms with E-state index in [0.29, 0.717) is 0 Å². The minimum atomic E-state index is 0.822. The first-order valence-corrected chi connectivity index (χ1v) is 3.22. The highest BCUT2D eigenvalue weighted by Gasteiger charge is 2.09. The molecule has 2 nitrogen and oxygen atoms in total. The molecule has 55 valence electrons. The molecule has 0 unspecified atom stereocenters. The van der Waals surface area contributed by atoms with Crippen LogP contribution in [0.15, 0.2) is 0 Å². The molecule has 0 spiro atoms. The highest BCUT2D eigenvalue weighted by atomic mass is 16.5. The molecule has 0 rings (SSSR count). The Morgan fingerprint density at radius 2 is 2.00 bits per heavy atom. The van der Waals surface area contributed by atoms with Crippen molar-refractivity contribution < 1.29 is 9.22 Å². The van der Waals surface area contributed by atoms with Gasteiger partial charge in [0.2, 0.25) is 0 Å². The number of hydrogen-bond acceptors (Lipinski definition) is 1. The number of quaternary nitrogens is 1. The van der Waals surface area contributed by atoms with Gasteiger partial charge < -0.3 is 9.22 Å². The topological polar surface area (TPSA) is 9.23 Å². The molecule has 0 aromatic rings. The van der Waals surface area contributed by atoms with Crippen LogP contribution in [0, 0.1) is 6.92 Å². The number of hydrogen-bond donors (Lipinski definition) is 0. The summed E-state index contributed by atoms with van der Waals surface area (Å²) < 4.78 is 5.87. The first-order valence-electron chi connectivity index (χ1n) is 3.22. The lowest BCUT2D eigenvalue weighted by Crippen LogP contribution is -2.41. The number of likely N-dealkylation sites (N-methyl/N-ethyl adjacent to an activating group) is 1. The summed E-state index contributed by atoms with van der Waals surface area (Å²) in [6.45, 7) is 6.61. The molecular weight excluding hydrogens is 114 g/mol. The van der Waals surface area contributed by atoms with E-state index in [-0.39, 0.29) is 0 Å². The van der Waals surface area contributed by atoms with Gasteiger partial charge in [0.25, 0.3) is 0 Å². The Balaban J connectivity index is 3.33. The molecule has 2 heteroatoms. The Labute approximate surface area is 58.0 Å². The Bertz CT molecular complexity index is 71.3.